The molecule has 0 aromatic carbocycles. The molecule has 0 aliphatic rings. The number of aromatic nitrogens is 2. The minimum Gasteiger partial charge on any atom is -0.298 e. The van der Waals surface area contributed by atoms with Crippen LogP contribution in [0.1, 0.15) is 47.2 Å². The van der Waals surface area contributed by atoms with Crippen LogP contribution in [0.15, 0.2) is 6.07 Å². The number of carbonyl (C=O) groups excluding carboxylic acids is 1. The van der Waals surface area contributed by atoms with E-state index in [9.17, 15) is 4.79 Å². The maximum atomic E-state index is 12.1. The Morgan fingerprint density at radius 1 is 1.24 bits per heavy atom. The molecule has 0 radical (unpaired) electrons. The van der Waals surface area contributed by atoms with Crippen LogP contribution in [0, 0.1) is 5.41 Å². The molecule has 1 aromatic rings. The second-order valence-corrected chi connectivity index (χ2v) is 6.50. The first-order valence-electron chi connectivity index (χ1n) is 5.87. The van der Waals surface area contributed by atoms with Gasteiger partial charge in [0, 0.05) is 29.6 Å². The van der Waals surface area contributed by atoms with Crippen LogP contribution < -0.4 is 4.90 Å². The lowest BCUT2D eigenvalue weighted by atomic mass is 9.92. The molecule has 1 aromatic heterocycles. The lowest BCUT2D eigenvalue weighted by molar-refractivity contribution is -0.125. The van der Waals surface area contributed by atoms with E-state index in [2.05, 4.69) is 31.0 Å². The van der Waals surface area contributed by atoms with Crippen molar-refractivity contribution < 1.29 is 4.79 Å². The molecule has 0 saturated heterocycles. The van der Waals surface area contributed by atoms with Crippen molar-refractivity contribution in [2.24, 2.45) is 5.41 Å². The van der Waals surface area contributed by atoms with E-state index >= 15 is 0 Å². The number of rotatable bonds is 1. The molecule has 1 amide bonds. The van der Waals surface area contributed by atoms with Gasteiger partial charge in [0.25, 0.3) is 0 Å². The van der Waals surface area contributed by atoms with Crippen LogP contribution in [-0.4, -0.2) is 23.2 Å². The molecular formula is C13H23N3O. The van der Waals surface area contributed by atoms with Crippen LogP contribution in [0.5, 0.6) is 0 Å². The van der Waals surface area contributed by atoms with Crippen LogP contribution >= 0.6 is 0 Å². The predicted octanol–water partition coefficient (Wildman–Crippen LogP) is 2.72. The highest BCUT2D eigenvalue weighted by molar-refractivity contribution is 5.95. The number of hydrogen-bond donors (Lipinski definition) is 1. The van der Waals surface area contributed by atoms with Gasteiger partial charge in [-0.25, -0.2) is 0 Å². The zero-order chi connectivity index (χ0) is 13.4. The number of aromatic amines is 1. The van der Waals surface area contributed by atoms with Crippen LogP contribution in [0.3, 0.4) is 0 Å². The second-order valence-electron chi connectivity index (χ2n) is 6.50. The fourth-order valence-corrected chi connectivity index (χ4v) is 1.47. The van der Waals surface area contributed by atoms with Crippen LogP contribution in [0.25, 0.3) is 0 Å². The van der Waals surface area contributed by atoms with Gasteiger partial charge in [-0.3, -0.25) is 14.8 Å². The smallest absolute Gasteiger partial charge is 0.233 e. The number of nitrogens with zero attached hydrogens (tertiary/aromatic N) is 2. The maximum absolute atomic E-state index is 12.1. The van der Waals surface area contributed by atoms with E-state index in [1.165, 1.54) is 0 Å². The highest BCUT2D eigenvalue weighted by Gasteiger charge is 2.27. The van der Waals surface area contributed by atoms with E-state index < -0.39 is 5.41 Å². The first-order chi connectivity index (χ1) is 7.53. The van der Waals surface area contributed by atoms with E-state index in [4.69, 9.17) is 0 Å². The Balaban J connectivity index is 2.95. The van der Waals surface area contributed by atoms with Crippen LogP contribution in [0.4, 0.5) is 5.82 Å². The summed E-state index contributed by atoms with van der Waals surface area (Å²) in [5.41, 5.74) is 0.646. The van der Waals surface area contributed by atoms with Gasteiger partial charge < -0.3 is 0 Å². The third kappa shape index (κ3) is 3.08. The normalized spacial score (nSPS) is 12.6. The largest absolute Gasteiger partial charge is 0.298 e. The number of anilines is 1. The highest BCUT2D eigenvalue weighted by Crippen LogP contribution is 2.25. The molecule has 0 bridgehead atoms. The molecule has 0 spiro atoms. The van der Waals surface area contributed by atoms with Gasteiger partial charge >= 0.3 is 0 Å². The Morgan fingerprint density at radius 2 is 1.76 bits per heavy atom. The molecular weight excluding hydrogens is 214 g/mol. The first-order valence-corrected chi connectivity index (χ1v) is 5.87. The number of amides is 1. The van der Waals surface area contributed by atoms with E-state index in [1.807, 2.05) is 26.8 Å². The van der Waals surface area contributed by atoms with E-state index in [1.54, 1.807) is 11.9 Å². The van der Waals surface area contributed by atoms with Gasteiger partial charge in [0.05, 0.1) is 0 Å². The minimum absolute atomic E-state index is 0.0108. The molecule has 17 heavy (non-hydrogen) atoms. The van der Waals surface area contributed by atoms with Crippen molar-refractivity contribution in [3.63, 3.8) is 0 Å². The highest BCUT2D eigenvalue weighted by atomic mass is 16.2. The summed E-state index contributed by atoms with van der Waals surface area (Å²) in [7, 11) is 1.76. The zero-order valence-electron chi connectivity index (χ0n) is 11.9. The molecule has 0 aliphatic heterocycles. The molecule has 1 rings (SSSR count). The molecule has 4 heteroatoms. The number of carbonyl (C=O) groups is 1. The van der Waals surface area contributed by atoms with Crippen molar-refractivity contribution in [1.29, 1.82) is 0 Å². The summed E-state index contributed by atoms with van der Waals surface area (Å²) in [4.78, 5) is 13.7. The Morgan fingerprint density at radius 3 is 2.12 bits per heavy atom. The van der Waals surface area contributed by atoms with Crippen molar-refractivity contribution >= 4 is 11.7 Å². The SMILES string of the molecule is CN(C(=O)C(C)(C)C)c1cc(C(C)(C)C)[nH]n1. The number of nitrogens with one attached hydrogen (secondary N) is 1. The lowest BCUT2D eigenvalue weighted by Gasteiger charge is -2.24. The van der Waals surface area contributed by atoms with Gasteiger partial charge in [-0.05, 0) is 0 Å². The molecule has 0 unspecified atom stereocenters. The quantitative estimate of drug-likeness (QED) is 0.816. The van der Waals surface area contributed by atoms with Crippen molar-refractivity contribution in [3.05, 3.63) is 11.8 Å². The summed E-state index contributed by atoms with van der Waals surface area (Å²) in [6, 6.07) is 1.93. The maximum Gasteiger partial charge on any atom is 0.233 e. The standard InChI is InChI=1S/C13H23N3O/c1-12(2,3)9-8-10(15-14-9)16(7)11(17)13(4,5)6/h8H,1-7H3,(H,14,15). The summed E-state index contributed by atoms with van der Waals surface area (Å²) in [6.45, 7) is 12.0. The summed E-state index contributed by atoms with van der Waals surface area (Å²) in [5.74, 6) is 0.735. The average molecular weight is 237 g/mol. The molecule has 4 nitrogen and oxygen atoms in total. The molecule has 96 valence electrons. The average Bonchev–Trinajstić information content (AvgIpc) is 2.61. The monoisotopic (exact) mass is 237 g/mol. The number of H-pyrrole nitrogens is 1. The fraction of sp³-hybridized carbons (Fsp3) is 0.692. The van der Waals surface area contributed by atoms with Gasteiger partial charge in [0.1, 0.15) is 0 Å². The minimum atomic E-state index is -0.393. The molecule has 1 N–H and O–H groups in total. The van der Waals surface area contributed by atoms with Gasteiger partial charge in [-0.15, -0.1) is 0 Å². The van der Waals surface area contributed by atoms with Crippen molar-refractivity contribution in [2.75, 3.05) is 11.9 Å². The van der Waals surface area contributed by atoms with Gasteiger partial charge in [0.2, 0.25) is 5.91 Å². The van der Waals surface area contributed by atoms with Gasteiger partial charge in [0.15, 0.2) is 5.82 Å². The van der Waals surface area contributed by atoms with Crippen LogP contribution in [0.2, 0.25) is 0 Å². The first kappa shape index (κ1) is 13.7. The van der Waals surface area contributed by atoms with Gasteiger partial charge in [-0.1, -0.05) is 41.5 Å². The molecule has 0 atom stereocenters. The molecule has 1 heterocycles. The van der Waals surface area contributed by atoms with E-state index in [-0.39, 0.29) is 11.3 Å². The second kappa shape index (κ2) is 4.17. The third-order valence-electron chi connectivity index (χ3n) is 2.66. The van der Waals surface area contributed by atoms with Crippen molar-refractivity contribution in [3.8, 4) is 0 Å². The van der Waals surface area contributed by atoms with Crippen LogP contribution in [-0.2, 0) is 10.2 Å². The molecule has 0 fully saturated rings. The Hall–Kier alpha value is -1.32. The van der Waals surface area contributed by atoms with E-state index in [0.717, 1.165) is 5.69 Å². The fourth-order valence-electron chi connectivity index (χ4n) is 1.47. The predicted molar refractivity (Wildman–Crippen MR) is 70.2 cm³/mol. The van der Waals surface area contributed by atoms with Gasteiger partial charge in [-0.2, -0.15) is 5.10 Å². The Bertz CT molecular complexity index is 407. The lowest BCUT2D eigenvalue weighted by Crippen LogP contribution is -2.36. The summed E-state index contributed by atoms with van der Waals surface area (Å²) in [5, 5.41) is 7.19. The molecule has 0 saturated carbocycles. The topological polar surface area (TPSA) is 49.0 Å². The Kier molecular flexibility index (Phi) is 3.37. The summed E-state index contributed by atoms with van der Waals surface area (Å²) >= 11 is 0. The Labute approximate surface area is 103 Å². The summed E-state index contributed by atoms with van der Waals surface area (Å²) in [6.07, 6.45) is 0. The van der Waals surface area contributed by atoms with Crippen molar-refractivity contribution in [2.45, 2.75) is 47.0 Å². The summed E-state index contributed by atoms with van der Waals surface area (Å²) < 4.78 is 0. The zero-order valence-corrected chi connectivity index (χ0v) is 11.9. The third-order valence-corrected chi connectivity index (χ3v) is 2.66. The molecule has 0 aliphatic carbocycles. The van der Waals surface area contributed by atoms with Crippen molar-refractivity contribution in [1.82, 2.24) is 10.2 Å². The van der Waals surface area contributed by atoms with E-state index in [0.29, 0.717) is 5.82 Å². The number of hydrogen-bond acceptors (Lipinski definition) is 2.